The molecule has 32 heavy (non-hydrogen) atoms. The van der Waals surface area contributed by atoms with Crippen LogP contribution in [0, 0.1) is 11.4 Å². The molecule has 1 amide bonds. The normalized spacial score (nSPS) is 18.5. The Balaban J connectivity index is 2.02. The second-order valence-electron chi connectivity index (χ2n) is 9.65. The second-order valence-corrected chi connectivity index (χ2v) is 10.3. The third-order valence-corrected chi connectivity index (χ3v) is 5.85. The summed E-state index contributed by atoms with van der Waals surface area (Å²) < 4.78 is 5.60. The zero-order chi connectivity index (χ0) is 23.9. The number of rotatable bonds is 8. The van der Waals surface area contributed by atoms with Gasteiger partial charge in [-0.2, -0.15) is 5.10 Å². The number of likely N-dealkylation sites (tertiary alicyclic amines) is 1. The van der Waals surface area contributed by atoms with Crippen LogP contribution in [-0.4, -0.2) is 52.6 Å². The first-order valence-electron chi connectivity index (χ1n) is 10.7. The monoisotopic (exact) mass is 464 g/mol. The van der Waals surface area contributed by atoms with Gasteiger partial charge < -0.3 is 20.4 Å². The van der Waals surface area contributed by atoms with Crippen molar-refractivity contribution in [2.24, 2.45) is 27.1 Å². The predicted molar refractivity (Wildman–Crippen MR) is 128 cm³/mol. The van der Waals surface area contributed by atoms with Crippen LogP contribution in [0.15, 0.2) is 33.4 Å². The van der Waals surface area contributed by atoms with Gasteiger partial charge >= 0.3 is 6.09 Å². The molecule has 178 valence electrons. The minimum absolute atomic E-state index is 0.218. The van der Waals surface area contributed by atoms with Crippen molar-refractivity contribution in [3.63, 3.8) is 0 Å². The van der Waals surface area contributed by atoms with Gasteiger partial charge in [-0.15, -0.1) is 5.11 Å². The standard InChI is InChI=1S/C21H36N8O2S/c1-20(2,3)31-19(30)29-13-15(12-21(29,4)5)8-7-11-28(14-16(26-22)27-23)17-9-6-10-18(25-17)32-24/h6,9-10,15,22H,7-8,11-14,23-24H2,1-5H3/b26-22?,27-16-. The van der Waals surface area contributed by atoms with E-state index in [1.165, 1.54) is 0 Å². The largest absolute Gasteiger partial charge is 0.444 e. The summed E-state index contributed by atoms with van der Waals surface area (Å²) in [5.41, 5.74) is 6.51. The third kappa shape index (κ3) is 7.33. The highest BCUT2D eigenvalue weighted by molar-refractivity contribution is 7.97. The lowest BCUT2D eigenvalue weighted by molar-refractivity contribution is 0.0131. The number of nitrogens with zero attached hydrogens (tertiary/aromatic N) is 5. The van der Waals surface area contributed by atoms with E-state index in [1.54, 1.807) is 0 Å². The number of anilines is 1. The zero-order valence-corrected chi connectivity index (χ0v) is 20.5. The Morgan fingerprint density at radius 2 is 2.16 bits per heavy atom. The van der Waals surface area contributed by atoms with Crippen molar-refractivity contribution in [1.29, 1.82) is 5.53 Å². The van der Waals surface area contributed by atoms with Gasteiger partial charge in [-0.25, -0.2) is 15.3 Å². The number of nitrogens with two attached hydrogens (primary N) is 2. The summed E-state index contributed by atoms with van der Waals surface area (Å²) in [6.45, 7) is 11.5. The van der Waals surface area contributed by atoms with E-state index in [0.717, 1.165) is 37.0 Å². The molecule has 1 aromatic heterocycles. The zero-order valence-electron chi connectivity index (χ0n) is 19.7. The van der Waals surface area contributed by atoms with E-state index in [9.17, 15) is 4.79 Å². The Morgan fingerprint density at radius 1 is 1.44 bits per heavy atom. The number of hydrazone groups is 1. The molecule has 1 fully saturated rings. The number of hydrogen-bond acceptors (Lipinski definition) is 9. The van der Waals surface area contributed by atoms with E-state index in [-0.39, 0.29) is 24.0 Å². The Kier molecular flexibility index (Phi) is 8.85. The van der Waals surface area contributed by atoms with Gasteiger partial charge in [0.2, 0.25) is 0 Å². The highest BCUT2D eigenvalue weighted by Crippen LogP contribution is 2.36. The summed E-state index contributed by atoms with van der Waals surface area (Å²) in [5, 5.41) is 13.3. The van der Waals surface area contributed by atoms with E-state index >= 15 is 0 Å². The van der Waals surface area contributed by atoms with Gasteiger partial charge in [0.1, 0.15) is 16.4 Å². The second kappa shape index (κ2) is 11.0. The molecule has 2 rings (SSSR count). The predicted octanol–water partition coefficient (Wildman–Crippen LogP) is 3.97. The Hall–Kier alpha value is -2.40. The van der Waals surface area contributed by atoms with Crippen molar-refractivity contribution in [3.8, 4) is 0 Å². The maximum atomic E-state index is 12.7. The first kappa shape index (κ1) is 25.9. The lowest BCUT2D eigenvalue weighted by Gasteiger charge is -2.33. The van der Waals surface area contributed by atoms with Gasteiger partial charge in [0.05, 0.1) is 6.54 Å². The molecule has 1 aliphatic rings. The average molecular weight is 465 g/mol. The van der Waals surface area contributed by atoms with Crippen LogP contribution in [0.5, 0.6) is 0 Å². The van der Waals surface area contributed by atoms with Crippen LogP contribution in [-0.2, 0) is 4.74 Å². The molecule has 11 heteroatoms. The van der Waals surface area contributed by atoms with Crippen molar-refractivity contribution in [3.05, 3.63) is 18.2 Å². The van der Waals surface area contributed by atoms with Gasteiger partial charge in [-0.1, -0.05) is 6.07 Å². The lowest BCUT2D eigenvalue weighted by Crippen LogP contribution is -2.45. The molecule has 1 aromatic rings. The molecule has 1 aliphatic heterocycles. The summed E-state index contributed by atoms with van der Waals surface area (Å²) in [6, 6.07) is 5.62. The van der Waals surface area contributed by atoms with Crippen LogP contribution >= 0.6 is 11.9 Å². The van der Waals surface area contributed by atoms with Crippen molar-refractivity contribution in [2.75, 3.05) is 24.5 Å². The first-order chi connectivity index (χ1) is 15.0. The Morgan fingerprint density at radius 3 is 2.75 bits per heavy atom. The molecule has 0 spiro atoms. The number of pyridine rings is 1. The quantitative estimate of drug-likeness (QED) is 0.132. The first-order valence-corrected chi connectivity index (χ1v) is 11.6. The summed E-state index contributed by atoms with van der Waals surface area (Å²) >= 11 is 1.08. The summed E-state index contributed by atoms with van der Waals surface area (Å²) in [7, 11) is 0. The van der Waals surface area contributed by atoms with E-state index in [4.69, 9.17) is 21.2 Å². The van der Waals surface area contributed by atoms with Crippen LogP contribution in [0.25, 0.3) is 0 Å². The minimum Gasteiger partial charge on any atom is -0.444 e. The van der Waals surface area contributed by atoms with E-state index < -0.39 is 5.60 Å². The molecule has 1 saturated heterocycles. The van der Waals surface area contributed by atoms with Gasteiger partial charge in [0.15, 0.2) is 5.84 Å². The van der Waals surface area contributed by atoms with Crippen LogP contribution in [0.2, 0.25) is 0 Å². The van der Waals surface area contributed by atoms with Crippen LogP contribution in [0.4, 0.5) is 10.6 Å². The van der Waals surface area contributed by atoms with Crippen molar-refractivity contribution >= 4 is 29.7 Å². The summed E-state index contributed by atoms with van der Waals surface area (Å²) in [4.78, 5) is 21.1. The molecule has 5 N–H and O–H groups in total. The summed E-state index contributed by atoms with van der Waals surface area (Å²) in [6.07, 6.45) is 2.48. The van der Waals surface area contributed by atoms with E-state index in [2.05, 4.69) is 29.0 Å². The molecule has 1 unspecified atom stereocenters. The Labute approximate surface area is 194 Å². The molecule has 0 radical (unpaired) electrons. The molecule has 0 saturated carbocycles. The van der Waals surface area contributed by atoms with Crippen LogP contribution < -0.4 is 15.9 Å². The third-order valence-electron chi connectivity index (χ3n) is 5.38. The summed E-state index contributed by atoms with van der Waals surface area (Å²) in [5.74, 6) is 6.69. The SMILES string of the molecule is CC(C)(C)OC(=O)N1CC(CCCN(C/C(N=N)=N/N)c2cccc(SN)n2)CC1(C)C. The van der Waals surface area contributed by atoms with Crippen LogP contribution in [0.1, 0.15) is 53.9 Å². The fraction of sp³-hybridized carbons (Fsp3) is 0.667. The van der Waals surface area contributed by atoms with E-state index in [1.807, 2.05) is 48.8 Å². The molecule has 0 aromatic carbocycles. The molecular weight excluding hydrogens is 428 g/mol. The number of nitrogens with one attached hydrogen (secondary N) is 1. The van der Waals surface area contributed by atoms with Gasteiger partial charge in [0.25, 0.3) is 0 Å². The number of aromatic nitrogens is 1. The van der Waals surface area contributed by atoms with Crippen molar-refractivity contribution in [1.82, 2.24) is 9.88 Å². The minimum atomic E-state index is -0.514. The number of amides is 1. The highest BCUT2D eigenvalue weighted by atomic mass is 32.2. The van der Waals surface area contributed by atoms with Gasteiger partial charge in [0, 0.05) is 18.6 Å². The molecule has 2 heterocycles. The maximum absolute atomic E-state index is 12.7. The molecule has 1 atom stereocenters. The fourth-order valence-electron chi connectivity index (χ4n) is 3.99. The Bertz CT molecular complexity index is 824. The molecular formula is C21H36N8O2S. The number of amidine groups is 1. The number of ether oxygens (including phenoxy) is 1. The smallest absolute Gasteiger partial charge is 0.410 e. The van der Waals surface area contributed by atoms with Gasteiger partial charge in [-0.3, -0.25) is 5.14 Å². The van der Waals surface area contributed by atoms with Gasteiger partial charge in [-0.05, 0) is 83.9 Å². The van der Waals surface area contributed by atoms with Crippen molar-refractivity contribution < 1.29 is 9.53 Å². The molecule has 10 nitrogen and oxygen atoms in total. The van der Waals surface area contributed by atoms with Crippen LogP contribution in [0.3, 0.4) is 0 Å². The number of carbonyl (C=O) groups is 1. The highest BCUT2D eigenvalue weighted by Gasteiger charge is 2.42. The average Bonchev–Trinajstić information content (AvgIpc) is 3.03. The lowest BCUT2D eigenvalue weighted by atomic mass is 9.93. The topological polar surface area (TPSA) is 146 Å². The number of hydrogen-bond donors (Lipinski definition) is 3. The molecule has 0 aliphatic carbocycles. The van der Waals surface area contributed by atoms with Crippen molar-refractivity contribution in [2.45, 2.75) is 70.0 Å². The maximum Gasteiger partial charge on any atom is 0.410 e. The number of carbonyl (C=O) groups excluding carboxylic acids is 1. The molecule has 0 bridgehead atoms. The fourth-order valence-corrected chi connectivity index (χ4v) is 4.29. The van der Waals surface area contributed by atoms with E-state index in [0.29, 0.717) is 24.0 Å².